The Morgan fingerprint density at radius 1 is 0.645 bits per heavy atom. The number of rotatable bonds is 22. The maximum absolute atomic E-state index is 12.3. The fourth-order valence-corrected chi connectivity index (χ4v) is 7.58. The largest absolute Gasteiger partial charge is 0.481 e. The highest BCUT2D eigenvalue weighted by atomic mass is 32.2. The van der Waals surface area contributed by atoms with E-state index in [0.29, 0.717) is 12.8 Å². The molecular formula is C23H46O6S2. The molecule has 0 saturated carbocycles. The average molecular weight is 483 g/mol. The summed E-state index contributed by atoms with van der Waals surface area (Å²) in [7, 11) is -6.41. The Kier molecular flexibility index (Phi) is 17.5. The van der Waals surface area contributed by atoms with Gasteiger partial charge in [-0.15, -0.1) is 0 Å². The molecule has 8 heteroatoms. The SMILES string of the molecule is CCCCCCCCS(=O)(=O)CC(C)CS(=O)(=O)CCCCCCCCCCC(=O)O. The predicted molar refractivity (Wildman–Crippen MR) is 129 cm³/mol. The zero-order valence-corrected chi connectivity index (χ0v) is 21.5. The maximum atomic E-state index is 12.3. The summed E-state index contributed by atoms with van der Waals surface area (Å²) in [4.78, 5) is 10.4. The van der Waals surface area contributed by atoms with Crippen molar-refractivity contribution in [3.63, 3.8) is 0 Å². The first kappa shape index (κ1) is 30.4. The Bertz CT molecular complexity index is 656. The molecule has 0 spiro atoms. The molecule has 1 atom stereocenters. The second kappa shape index (κ2) is 17.9. The van der Waals surface area contributed by atoms with Crippen LogP contribution in [0.1, 0.15) is 110 Å². The number of unbranched alkanes of at least 4 members (excludes halogenated alkanes) is 12. The molecule has 0 radical (unpaired) electrons. The summed E-state index contributed by atoms with van der Waals surface area (Å²) in [6, 6.07) is 0. The molecule has 1 N–H and O–H groups in total. The predicted octanol–water partition coefficient (Wildman–Crippen LogP) is 5.41. The first-order valence-electron chi connectivity index (χ1n) is 12.2. The summed E-state index contributed by atoms with van der Waals surface area (Å²) in [6.45, 7) is 3.87. The maximum Gasteiger partial charge on any atom is 0.303 e. The second-order valence-corrected chi connectivity index (χ2v) is 13.5. The third-order valence-corrected chi connectivity index (χ3v) is 9.46. The Hall–Kier alpha value is -0.630. The lowest BCUT2D eigenvalue weighted by atomic mass is 10.1. The minimum atomic E-state index is -3.22. The number of hydrogen-bond donors (Lipinski definition) is 1. The Balaban J connectivity index is 3.87. The fourth-order valence-electron chi connectivity index (χ4n) is 3.84. The molecule has 0 aromatic carbocycles. The lowest BCUT2D eigenvalue weighted by molar-refractivity contribution is -0.137. The Morgan fingerprint density at radius 2 is 1.00 bits per heavy atom. The smallest absolute Gasteiger partial charge is 0.303 e. The molecule has 0 fully saturated rings. The van der Waals surface area contributed by atoms with E-state index < -0.39 is 25.6 Å². The average Bonchev–Trinajstić information content (AvgIpc) is 2.64. The van der Waals surface area contributed by atoms with Gasteiger partial charge in [0, 0.05) is 6.42 Å². The zero-order chi connectivity index (χ0) is 23.6. The molecule has 0 aromatic rings. The van der Waals surface area contributed by atoms with Crippen molar-refractivity contribution in [2.75, 3.05) is 23.0 Å². The van der Waals surface area contributed by atoms with Crippen LogP contribution >= 0.6 is 0 Å². The fraction of sp³-hybridized carbons (Fsp3) is 0.957. The minimum Gasteiger partial charge on any atom is -0.481 e. The quantitative estimate of drug-likeness (QED) is 0.207. The van der Waals surface area contributed by atoms with E-state index in [1.807, 2.05) is 0 Å². The van der Waals surface area contributed by atoms with Crippen molar-refractivity contribution in [1.29, 1.82) is 0 Å². The highest BCUT2D eigenvalue weighted by Gasteiger charge is 2.21. The normalized spacial score (nSPS) is 13.4. The minimum absolute atomic E-state index is 0.0386. The molecule has 0 aromatic heterocycles. The molecule has 0 saturated heterocycles. The molecule has 186 valence electrons. The third kappa shape index (κ3) is 21.0. The van der Waals surface area contributed by atoms with Crippen LogP contribution in [0.2, 0.25) is 0 Å². The van der Waals surface area contributed by atoms with Gasteiger partial charge in [-0.1, -0.05) is 84.5 Å². The van der Waals surface area contributed by atoms with Gasteiger partial charge in [0.25, 0.3) is 0 Å². The van der Waals surface area contributed by atoms with Crippen molar-refractivity contribution >= 4 is 25.6 Å². The molecule has 31 heavy (non-hydrogen) atoms. The van der Waals surface area contributed by atoms with Crippen molar-refractivity contribution in [3.05, 3.63) is 0 Å². The van der Waals surface area contributed by atoms with Crippen LogP contribution < -0.4 is 0 Å². The standard InChI is InChI=1S/C23H46O6S2/c1-3-4-5-6-12-15-18-30(26,27)20-22(2)21-31(28,29)19-16-13-10-8-7-9-11-14-17-23(24)25/h22H,3-21H2,1-2H3,(H,24,25). The van der Waals surface area contributed by atoms with Gasteiger partial charge in [-0.25, -0.2) is 16.8 Å². The number of sulfone groups is 2. The number of carbonyl (C=O) groups is 1. The van der Waals surface area contributed by atoms with Crippen LogP contribution in [0.4, 0.5) is 0 Å². The Morgan fingerprint density at radius 3 is 1.39 bits per heavy atom. The molecule has 0 rings (SSSR count). The second-order valence-electron chi connectivity index (χ2n) is 9.07. The van der Waals surface area contributed by atoms with Crippen LogP contribution in [0.5, 0.6) is 0 Å². The third-order valence-electron chi connectivity index (χ3n) is 5.48. The molecule has 0 aliphatic rings. The molecule has 0 aliphatic carbocycles. The number of aliphatic carboxylic acids is 1. The molecule has 6 nitrogen and oxygen atoms in total. The molecule has 0 aliphatic heterocycles. The van der Waals surface area contributed by atoms with Gasteiger partial charge in [-0.3, -0.25) is 4.79 Å². The van der Waals surface area contributed by atoms with Gasteiger partial charge >= 0.3 is 5.97 Å². The summed E-state index contributed by atoms with van der Waals surface area (Å²) in [6.07, 6.45) is 13.6. The monoisotopic (exact) mass is 482 g/mol. The van der Waals surface area contributed by atoms with Gasteiger partial charge in [0.15, 0.2) is 19.7 Å². The van der Waals surface area contributed by atoms with Gasteiger partial charge in [-0.2, -0.15) is 0 Å². The summed E-state index contributed by atoms with van der Waals surface area (Å²) in [5, 5.41) is 8.58. The van der Waals surface area contributed by atoms with Crippen LogP contribution in [0, 0.1) is 5.92 Å². The van der Waals surface area contributed by atoms with Crippen molar-refractivity contribution in [2.45, 2.75) is 110 Å². The molecule has 0 amide bonds. The van der Waals surface area contributed by atoms with Crippen molar-refractivity contribution in [2.24, 2.45) is 5.92 Å². The van der Waals surface area contributed by atoms with E-state index in [1.165, 1.54) is 12.8 Å². The van der Waals surface area contributed by atoms with Crippen molar-refractivity contribution in [1.82, 2.24) is 0 Å². The van der Waals surface area contributed by atoms with Crippen LogP contribution in [0.3, 0.4) is 0 Å². The van der Waals surface area contributed by atoms with E-state index in [2.05, 4.69) is 6.92 Å². The van der Waals surface area contributed by atoms with Crippen LogP contribution in [-0.4, -0.2) is 50.9 Å². The molecular weight excluding hydrogens is 436 g/mol. The van der Waals surface area contributed by atoms with Crippen molar-refractivity contribution in [3.8, 4) is 0 Å². The molecule has 0 heterocycles. The van der Waals surface area contributed by atoms with Crippen LogP contribution in [0.25, 0.3) is 0 Å². The van der Waals surface area contributed by atoms with Gasteiger partial charge in [0.2, 0.25) is 0 Å². The van der Waals surface area contributed by atoms with E-state index in [1.54, 1.807) is 6.92 Å². The van der Waals surface area contributed by atoms with Gasteiger partial charge in [0.05, 0.1) is 23.0 Å². The number of carboxylic acid groups (broad SMARTS) is 1. The van der Waals surface area contributed by atoms with E-state index in [9.17, 15) is 21.6 Å². The van der Waals surface area contributed by atoms with E-state index in [0.717, 1.165) is 64.2 Å². The summed E-state index contributed by atoms with van der Waals surface area (Å²) < 4.78 is 49.1. The lowest BCUT2D eigenvalue weighted by Crippen LogP contribution is -2.24. The topological polar surface area (TPSA) is 106 Å². The van der Waals surface area contributed by atoms with Gasteiger partial charge in [0.1, 0.15) is 0 Å². The highest BCUT2D eigenvalue weighted by molar-refractivity contribution is 7.92. The van der Waals surface area contributed by atoms with Crippen LogP contribution in [-0.2, 0) is 24.5 Å². The van der Waals surface area contributed by atoms with E-state index in [4.69, 9.17) is 5.11 Å². The lowest BCUT2D eigenvalue weighted by Gasteiger charge is -2.13. The number of carboxylic acids is 1. The first-order chi connectivity index (χ1) is 14.6. The van der Waals surface area contributed by atoms with E-state index >= 15 is 0 Å². The number of hydrogen-bond acceptors (Lipinski definition) is 5. The first-order valence-corrected chi connectivity index (χ1v) is 15.8. The van der Waals surface area contributed by atoms with Crippen LogP contribution in [0.15, 0.2) is 0 Å². The summed E-state index contributed by atoms with van der Waals surface area (Å²) in [5.74, 6) is -0.894. The summed E-state index contributed by atoms with van der Waals surface area (Å²) >= 11 is 0. The Labute approximate surface area is 191 Å². The van der Waals surface area contributed by atoms with Crippen molar-refractivity contribution < 1.29 is 26.7 Å². The highest BCUT2D eigenvalue weighted by Crippen LogP contribution is 2.13. The summed E-state index contributed by atoms with van der Waals surface area (Å²) in [5.41, 5.74) is 0. The molecule has 1 unspecified atom stereocenters. The van der Waals surface area contributed by atoms with Gasteiger partial charge in [-0.05, 0) is 25.2 Å². The molecule has 0 bridgehead atoms. The zero-order valence-electron chi connectivity index (χ0n) is 19.8. The van der Waals surface area contributed by atoms with Gasteiger partial charge < -0.3 is 5.11 Å². The van der Waals surface area contributed by atoms with E-state index in [-0.39, 0.29) is 35.4 Å².